The summed E-state index contributed by atoms with van der Waals surface area (Å²) in [7, 11) is 0. The largest absolute Gasteiger partial charge is 0.346 e. The van der Waals surface area contributed by atoms with Crippen LogP contribution >= 0.6 is 0 Å². The van der Waals surface area contributed by atoms with Crippen LogP contribution in [-0.4, -0.2) is 14.5 Å². The highest BCUT2D eigenvalue weighted by atomic mass is 19.1. The molecule has 0 aliphatic rings. The number of imidazole rings is 1. The molecule has 0 spiro atoms. The Hall–Kier alpha value is -2.87. The second kappa shape index (κ2) is 5.97. The van der Waals surface area contributed by atoms with E-state index >= 15 is 0 Å². The van der Waals surface area contributed by atoms with Crippen molar-refractivity contribution in [3.05, 3.63) is 52.9 Å². The number of nitrogens with one attached hydrogen (secondary N) is 1. The van der Waals surface area contributed by atoms with E-state index in [1.165, 1.54) is 12.1 Å². The summed E-state index contributed by atoms with van der Waals surface area (Å²) in [4.78, 5) is 7.42. The highest BCUT2D eigenvalue weighted by Gasteiger charge is 2.13. The van der Waals surface area contributed by atoms with Gasteiger partial charge in [-0.3, -0.25) is 0 Å². The number of hydrogen-bond donors (Lipinski definition) is 1. The first-order valence-corrected chi connectivity index (χ1v) is 7.86. The molecule has 0 saturated carbocycles. The van der Waals surface area contributed by atoms with E-state index in [1.54, 1.807) is 6.07 Å². The van der Waals surface area contributed by atoms with Crippen molar-refractivity contribution in [2.75, 3.05) is 0 Å². The second-order valence-corrected chi connectivity index (χ2v) is 6.21. The van der Waals surface area contributed by atoms with Crippen molar-refractivity contribution >= 4 is 22.7 Å². The molecule has 0 fully saturated rings. The molecule has 1 aromatic carbocycles. The molecule has 3 rings (SSSR count). The molecule has 2 aromatic heterocycles. The van der Waals surface area contributed by atoms with Gasteiger partial charge in [0.2, 0.25) is 0 Å². The van der Waals surface area contributed by atoms with Gasteiger partial charge in [0.15, 0.2) is 0 Å². The van der Waals surface area contributed by atoms with Gasteiger partial charge in [-0.1, -0.05) is 0 Å². The maximum atomic E-state index is 13.3. The van der Waals surface area contributed by atoms with Crippen LogP contribution in [0.1, 0.15) is 42.7 Å². The summed E-state index contributed by atoms with van der Waals surface area (Å²) in [5, 5.41) is 9.54. The molecule has 0 radical (unpaired) electrons. The van der Waals surface area contributed by atoms with Crippen LogP contribution in [0.25, 0.3) is 22.7 Å². The van der Waals surface area contributed by atoms with Crippen LogP contribution in [0.5, 0.6) is 0 Å². The molecule has 1 N–H and O–H groups in total. The van der Waals surface area contributed by atoms with Crippen molar-refractivity contribution in [2.24, 2.45) is 0 Å². The zero-order valence-electron chi connectivity index (χ0n) is 14.2. The average Bonchev–Trinajstić information content (AvgIpc) is 3.05. The summed E-state index contributed by atoms with van der Waals surface area (Å²) < 4.78 is 15.6. The van der Waals surface area contributed by atoms with Crippen LogP contribution in [0.2, 0.25) is 0 Å². The number of halogens is 1. The number of hydrogen-bond acceptors (Lipinski definition) is 2. The second-order valence-electron chi connectivity index (χ2n) is 6.21. The van der Waals surface area contributed by atoms with Crippen molar-refractivity contribution in [2.45, 2.75) is 33.7 Å². The van der Waals surface area contributed by atoms with Crippen LogP contribution < -0.4 is 0 Å². The fraction of sp³-hybridized carbons (Fsp3) is 0.263. The monoisotopic (exact) mass is 322 g/mol. The number of benzene rings is 1. The molecular weight excluding hydrogens is 303 g/mol. The van der Waals surface area contributed by atoms with Crippen molar-refractivity contribution in [3.63, 3.8) is 0 Å². The van der Waals surface area contributed by atoms with E-state index < -0.39 is 0 Å². The minimum atomic E-state index is -0.333. The van der Waals surface area contributed by atoms with Gasteiger partial charge in [-0.25, -0.2) is 9.37 Å². The number of aryl methyl sites for hydroxylation is 1. The highest BCUT2D eigenvalue weighted by molar-refractivity contribution is 5.90. The normalized spacial score (nSPS) is 12.1. The van der Waals surface area contributed by atoms with Crippen molar-refractivity contribution in [1.82, 2.24) is 14.5 Å². The van der Waals surface area contributed by atoms with Gasteiger partial charge in [0.25, 0.3) is 0 Å². The molecule has 122 valence electrons. The Kier molecular flexibility index (Phi) is 3.98. The Morgan fingerprint density at radius 2 is 2.08 bits per heavy atom. The van der Waals surface area contributed by atoms with Crippen LogP contribution in [0.4, 0.5) is 4.39 Å². The summed E-state index contributed by atoms with van der Waals surface area (Å²) in [5.41, 5.74) is 4.90. The first-order valence-electron chi connectivity index (χ1n) is 7.86. The molecule has 0 aliphatic heterocycles. The third kappa shape index (κ3) is 2.71. The minimum Gasteiger partial charge on any atom is -0.346 e. The van der Waals surface area contributed by atoms with Gasteiger partial charge in [0.1, 0.15) is 17.7 Å². The molecule has 0 aliphatic carbocycles. The van der Waals surface area contributed by atoms with Gasteiger partial charge in [-0.05, 0) is 63.6 Å². The van der Waals surface area contributed by atoms with E-state index in [1.807, 2.05) is 13.0 Å². The number of aromatic nitrogens is 3. The van der Waals surface area contributed by atoms with Crippen molar-refractivity contribution < 1.29 is 4.39 Å². The summed E-state index contributed by atoms with van der Waals surface area (Å²) >= 11 is 0. The summed E-state index contributed by atoms with van der Waals surface area (Å²) in [6, 6.07) is 8.95. The number of fused-ring (bicyclic) bond motifs is 1. The van der Waals surface area contributed by atoms with Crippen LogP contribution in [0.3, 0.4) is 0 Å². The van der Waals surface area contributed by atoms with E-state index in [2.05, 4.69) is 47.4 Å². The first kappa shape index (κ1) is 16.0. The lowest BCUT2D eigenvalue weighted by Crippen LogP contribution is -2.04. The Labute approximate surface area is 140 Å². The summed E-state index contributed by atoms with van der Waals surface area (Å²) in [6.07, 6.45) is 1.83. The average molecular weight is 322 g/mol. The number of allylic oxidation sites excluding steroid dienone is 1. The van der Waals surface area contributed by atoms with E-state index in [4.69, 9.17) is 0 Å². The topological polar surface area (TPSA) is 57.4 Å². The molecule has 5 heteroatoms. The lowest BCUT2D eigenvalue weighted by Gasteiger charge is -2.13. The molecule has 0 bridgehead atoms. The predicted molar refractivity (Wildman–Crippen MR) is 93.8 cm³/mol. The van der Waals surface area contributed by atoms with Gasteiger partial charge in [-0.2, -0.15) is 5.26 Å². The standard InChI is InChI=1S/C19H19FN4/c1-11(2)24-12(3)7-14(13(24)4)8-15(10-21)19-22-17-6-5-16(20)9-18(17)23-19/h5-9,11H,1-4H3,(H,22,23)/b15-8-. The molecule has 2 heterocycles. The molecule has 3 aromatic rings. The van der Waals surface area contributed by atoms with Crippen molar-refractivity contribution in [3.8, 4) is 6.07 Å². The summed E-state index contributed by atoms with van der Waals surface area (Å²) in [5.74, 6) is 0.119. The number of rotatable bonds is 3. The maximum absolute atomic E-state index is 13.3. The quantitative estimate of drug-likeness (QED) is 0.706. The smallest absolute Gasteiger partial charge is 0.149 e. The molecule has 0 unspecified atom stereocenters. The Morgan fingerprint density at radius 3 is 2.71 bits per heavy atom. The fourth-order valence-electron chi connectivity index (χ4n) is 3.16. The number of nitriles is 1. The SMILES string of the molecule is Cc1cc(/C=C(/C#N)c2nc3ccc(F)cc3[nH]2)c(C)n1C(C)C. The number of H-pyrrole nitrogens is 1. The lowest BCUT2D eigenvalue weighted by molar-refractivity contribution is 0.574. The Bertz CT molecular complexity index is 983. The zero-order chi connectivity index (χ0) is 17.4. The van der Waals surface area contributed by atoms with E-state index in [-0.39, 0.29) is 5.82 Å². The lowest BCUT2D eigenvalue weighted by atomic mass is 10.1. The van der Waals surface area contributed by atoms with Gasteiger partial charge in [0.05, 0.1) is 16.6 Å². The van der Waals surface area contributed by atoms with Gasteiger partial charge >= 0.3 is 0 Å². The number of nitrogens with zero attached hydrogens (tertiary/aromatic N) is 3. The zero-order valence-corrected chi connectivity index (χ0v) is 14.2. The minimum absolute atomic E-state index is 0.333. The Morgan fingerprint density at radius 1 is 1.33 bits per heavy atom. The third-order valence-electron chi connectivity index (χ3n) is 4.16. The third-order valence-corrected chi connectivity index (χ3v) is 4.16. The van der Waals surface area contributed by atoms with E-state index in [0.29, 0.717) is 28.5 Å². The molecule has 4 nitrogen and oxygen atoms in total. The van der Waals surface area contributed by atoms with Crippen LogP contribution in [0.15, 0.2) is 24.3 Å². The maximum Gasteiger partial charge on any atom is 0.149 e. The van der Waals surface area contributed by atoms with E-state index in [9.17, 15) is 9.65 Å². The molecule has 0 saturated heterocycles. The Balaban J connectivity index is 2.09. The van der Waals surface area contributed by atoms with Gasteiger partial charge < -0.3 is 9.55 Å². The van der Waals surface area contributed by atoms with Crippen molar-refractivity contribution in [1.29, 1.82) is 5.26 Å². The molecular formula is C19H19FN4. The molecule has 0 amide bonds. The molecule has 0 atom stereocenters. The van der Waals surface area contributed by atoms with Gasteiger partial charge in [0, 0.05) is 17.4 Å². The van der Waals surface area contributed by atoms with Gasteiger partial charge in [-0.15, -0.1) is 0 Å². The highest BCUT2D eigenvalue weighted by Crippen LogP contribution is 2.25. The number of aromatic amines is 1. The first-order chi connectivity index (χ1) is 11.4. The predicted octanol–water partition coefficient (Wildman–Crippen LogP) is 4.77. The fourth-order valence-corrected chi connectivity index (χ4v) is 3.16. The van der Waals surface area contributed by atoms with E-state index in [0.717, 1.165) is 17.0 Å². The molecule has 24 heavy (non-hydrogen) atoms. The van der Waals surface area contributed by atoms with Crippen LogP contribution in [-0.2, 0) is 0 Å². The van der Waals surface area contributed by atoms with Crippen LogP contribution in [0, 0.1) is 31.0 Å². The summed E-state index contributed by atoms with van der Waals surface area (Å²) in [6.45, 7) is 8.36.